The monoisotopic (exact) mass is 267 g/mol. The van der Waals surface area contributed by atoms with Crippen molar-refractivity contribution in [1.82, 2.24) is 10.8 Å². The van der Waals surface area contributed by atoms with Crippen LogP contribution in [0.25, 0.3) is 0 Å². The van der Waals surface area contributed by atoms with Crippen molar-refractivity contribution in [1.29, 1.82) is 0 Å². The Morgan fingerprint density at radius 3 is 1.13 bits per heavy atom. The maximum absolute atomic E-state index is 3.74. The Morgan fingerprint density at radius 2 is 1.13 bits per heavy atom. The lowest BCUT2D eigenvalue weighted by molar-refractivity contribution is 1.30. The number of hydrogen-bond acceptors (Lipinski definition) is 2. The van der Waals surface area contributed by atoms with E-state index in [0.29, 0.717) is 0 Å². The SMILES string of the molecule is CC=[Si](C)C.C[Si](C)(C)N[Si](C)(C)C.N.[2HH]. The summed E-state index contributed by atoms with van der Waals surface area (Å²) in [4.78, 5) is 0. The predicted molar refractivity (Wildman–Crippen MR) is 86.2 cm³/mol. The molecule has 0 spiro atoms. The van der Waals surface area contributed by atoms with Crippen molar-refractivity contribution in [2.75, 3.05) is 0 Å². The van der Waals surface area contributed by atoms with E-state index in [-0.39, 0.29) is 16.0 Å². The van der Waals surface area contributed by atoms with Gasteiger partial charge in [0.25, 0.3) is 0 Å². The summed E-state index contributed by atoms with van der Waals surface area (Å²) >= 11 is 0. The van der Waals surface area contributed by atoms with Crippen molar-refractivity contribution < 1.29 is 1.43 Å². The third kappa shape index (κ3) is 31.4. The molecule has 0 rings (SSSR count). The second kappa shape index (κ2) is 8.58. The maximum Gasteiger partial charge on any atom is 0.109 e. The van der Waals surface area contributed by atoms with Crippen molar-refractivity contribution in [3.05, 3.63) is 0 Å². The second-order valence-electron chi connectivity index (χ2n) is 5.99. The van der Waals surface area contributed by atoms with Crippen molar-refractivity contribution in [3.8, 4) is 0 Å². The van der Waals surface area contributed by atoms with Crippen LogP contribution < -0.4 is 10.8 Å². The molecule has 15 heavy (non-hydrogen) atoms. The summed E-state index contributed by atoms with van der Waals surface area (Å²) in [7, 11) is -1.96. The summed E-state index contributed by atoms with van der Waals surface area (Å²) < 4.78 is 3.74. The molecule has 0 saturated heterocycles. The lowest BCUT2D eigenvalue weighted by Gasteiger charge is -2.28. The summed E-state index contributed by atoms with van der Waals surface area (Å²) in [6.45, 7) is 20.8. The van der Waals surface area contributed by atoms with E-state index in [4.69, 9.17) is 0 Å². The van der Waals surface area contributed by atoms with Gasteiger partial charge in [0.2, 0.25) is 0 Å². The molecule has 0 unspecified atom stereocenters. The first-order valence-corrected chi connectivity index (χ1v) is 14.9. The van der Waals surface area contributed by atoms with Crippen LogP contribution >= 0.6 is 0 Å². The summed E-state index contributed by atoms with van der Waals surface area (Å²) in [5, 5.41) is 0. The molecule has 5 heteroatoms. The molecule has 96 valence electrons. The molecule has 0 aromatic heterocycles. The molecule has 0 aliphatic rings. The molecule has 0 aliphatic carbocycles. The van der Waals surface area contributed by atoms with Crippen LogP contribution in [0, 0.1) is 0 Å². The molecule has 0 amide bonds. The molecule has 0 saturated carbocycles. The fourth-order valence-corrected chi connectivity index (χ4v) is 10.1. The van der Waals surface area contributed by atoms with Gasteiger partial charge in [0.1, 0.15) is 16.5 Å². The average molecular weight is 268 g/mol. The van der Waals surface area contributed by atoms with Crippen LogP contribution in [0.1, 0.15) is 8.35 Å². The van der Waals surface area contributed by atoms with Crippen LogP contribution in [0.4, 0.5) is 0 Å². The highest BCUT2D eigenvalue weighted by Crippen LogP contribution is 2.02. The maximum atomic E-state index is 3.74. The van der Waals surface area contributed by atoms with Crippen LogP contribution in [0.3, 0.4) is 0 Å². The van der Waals surface area contributed by atoms with Gasteiger partial charge in [-0.05, 0) is 8.41 Å². The zero-order valence-corrected chi connectivity index (χ0v) is 15.3. The van der Waals surface area contributed by atoms with E-state index in [1.54, 1.807) is 0 Å². The molecular formula is C10H34N2Si3. The second-order valence-corrected chi connectivity index (χ2v) is 18.7. The number of nitrogens with one attached hydrogen (secondary N) is 1. The van der Waals surface area contributed by atoms with Crippen molar-refractivity contribution in [3.63, 3.8) is 0 Å². The van der Waals surface area contributed by atoms with Gasteiger partial charge in [-0.2, -0.15) is 0 Å². The minimum atomic E-state index is -0.981. The first-order valence-electron chi connectivity index (χ1n) is 5.37. The third-order valence-electron chi connectivity index (χ3n) is 1.33. The highest BCUT2D eigenvalue weighted by Gasteiger charge is 2.22. The van der Waals surface area contributed by atoms with Crippen LogP contribution in [0.15, 0.2) is 0 Å². The molecule has 0 heterocycles. The van der Waals surface area contributed by atoms with Gasteiger partial charge in [-0.25, -0.2) is 0 Å². The molecule has 2 nitrogen and oxygen atoms in total. The molecule has 0 atom stereocenters. The molecule has 0 fully saturated rings. The smallest absolute Gasteiger partial charge is 0.109 e. The van der Waals surface area contributed by atoms with Gasteiger partial charge in [0.05, 0.1) is 0 Å². The molecule has 0 bridgehead atoms. The Labute approximate surface area is 102 Å². The molecule has 4 N–H and O–H groups in total. The predicted octanol–water partition coefficient (Wildman–Crippen LogP) is 3.80. The zero-order valence-electron chi connectivity index (χ0n) is 12.3. The lowest BCUT2D eigenvalue weighted by Crippen LogP contribution is -2.55. The summed E-state index contributed by atoms with van der Waals surface area (Å²) in [5.41, 5.74) is 2.27. The Balaban J connectivity index is -0.0000000904. The quantitative estimate of drug-likeness (QED) is 0.748. The highest BCUT2D eigenvalue weighted by atomic mass is 28.4. The third-order valence-corrected chi connectivity index (χ3v) is 8.48. The first-order chi connectivity index (χ1) is 5.98. The van der Waals surface area contributed by atoms with Crippen LogP contribution in [-0.2, 0) is 0 Å². The normalized spacial score (nSPS) is 10.7. The van der Waals surface area contributed by atoms with Crippen molar-refractivity contribution in [2.24, 2.45) is 0 Å². The highest BCUT2D eigenvalue weighted by molar-refractivity contribution is 6.90. The van der Waals surface area contributed by atoms with Gasteiger partial charge in [-0.15, -0.1) is 5.67 Å². The molecule has 0 aromatic carbocycles. The van der Waals surface area contributed by atoms with Crippen molar-refractivity contribution >= 4 is 30.6 Å². The molecule has 0 radical (unpaired) electrons. The van der Waals surface area contributed by atoms with Crippen LogP contribution in [-0.4, -0.2) is 30.6 Å². The number of hydrogen-bond donors (Lipinski definition) is 2. The van der Waals surface area contributed by atoms with E-state index in [1.165, 1.54) is 0 Å². The van der Waals surface area contributed by atoms with Gasteiger partial charge in [-0.1, -0.05) is 59.3 Å². The Bertz CT molecular complexity index is 167. The zero-order chi connectivity index (χ0) is 12.0. The minimum absolute atomic E-state index is 0. The Hall–Kier alpha value is 0.441. The lowest BCUT2D eigenvalue weighted by atomic mass is 11.0. The van der Waals surface area contributed by atoms with E-state index in [2.05, 4.69) is 69.6 Å². The van der Waals surface area contributed by atoms with Gasteiger partial charge >= 0.3 is 0 Å². The first kappa shape index (κ1) is 20.8. The average Bonchev–Trinajstić information content (AvgIpc) is 1.80. The summed E-state index contributed by atoms with van der Waals surface area (Å²) in [6.07, 6.45) is 0. The largest absolute Gasteiger partial charge is 0.360 e. The van der Waals surface area contributed by atoms with E-state index >= 15 is 0 Å². The summed E-state index contributed by atoms with van der Waals surface area (Å²) in [6, 6.07) is 0. The van der Waals surface area contributed by atoms with Crippen LogP contribution in [0.5, 0.6) is 0 Å². The Morgan fingerprint density at radius 1 is 0.933 bits per heavy atom. The van der Waals surface area contributed by atoms with E-state index < -0.39 is 16.5 Å². The van der Waals surface area contributed by atoms with E-state index in [1.807, 2.05) is 0 Å². The van der Waals surface area contributed by atoms with Crippen LogP contribution in [0.2, 0.25) is 52.4 Å². The topological polar surface area (TPSA) is 47.0 Å². The van der Waals surface area contributed by atoms with E-state index in [0.717, 1.165) is 0 Å². The van der Waals surface area contributed by atoms with Gasteiger partial charge in [-0.3, -0.25) is 0 Å². The molecular weight excluding hydrogens is 232 g/mol. The standard InChI is InChI=1S/C6H19NSi2.C4H10Si.H3N.H2/c1-8(2,3)7-9(4,5)6;1-4-5(2)3;;/h7H,1-6H3;4H,1-3H3;1H3;1H/i;;;1+1. The van der Waals surface area contributed by atoms with Crippen molar-refractivity contribution in [2.45, 2.75) is 59.3 Å². The molecule has 0 aliphatic heterocycles. The summed E-state index contributed by atoms with van der Waals surface area (Å²) in [5.74, 6) is 0. The molecule has 0 aromatic rings. The van der Waals surface area contributed by atoms with Gasteiger partial charge in [0, 0.05) is 1.43 Å². The van der Waals surface area contributed by atoms with E-state index in [9.17, 15) is 0 Å². The fraction of sp³-hybridized carbons (Fsp3) is 0.900. The number of rotatable bonds is 2. The fourth-order valence-electron chi connectivity index (χ4n) is 1.12. The van der Waals surface area contributed by atoms with Gasteiger partial charge < -0.3 is 10.8 Å². The Kier molecular flexibility index (Phi) is 11.9. The minimum Gasteiger partial charge on any atom is -0.360 e. The van der Waals surface area contributed by atoms with Gasteiger partial charge in [0.15, 0.2) is 0 Å².